The van der Waals surface area contributed by atoms with Gasteiger partial charge < -0.3 is 20.1 Å². The predicted octanol–water partition coefficient (Wildman–Crippen LogP) is 3.06. The molecule has 0 heterocycles. The summed E-state index contributed by atoms with van der Waals surface area (Å²) in [6, 6.07) is 13.0. The third-order valence-corrected chi connectivity index (χ3v) is 3.17. The van der Waals surface area contributed by atoms with E-state index in [0.29, 0.717) is 5.75 Å². The van der Waals surface area contributed by atoms with Crippen LogP contribution in [0, 0.1) is 6.92 Å². The standard InChI is InChI=1S/C17H20N2O3/c1-12-4-9-16(22-3)15(10-12)18-11-17(20)19-13-5-7-14(21-2)8-6-13/h4-10,18H,11H2,1-3H3,(H,19,20). The van der Waals surface area contributed by atoms with Gasteiger partial charge in [-0.1, -0.05) is 6.07 Å². The molecule has 2 aromatic carbocycles. The fourth-order valence-corrected chi connectivity index (χ4v) is 2.02. The number of methoxy groups -OCH3 is 2. The van der Waals surface area contributed by atoms with Crippen molar-refractivity contribution in [2.45, 2.75) is 6.92 Å². The highest BCUT2D eigenvalue weighted by molar-refractivity contribution is 5.94. The van der Waals surface area contributed by atoms with E-state index in [2.05, 4.69) is 10.6 Å². The topological polar surface area (TPSA) is 59.6 Å². The smallest absolute Gasteiger partial charge is 0.243 e. The summed E-state index contributed by atoms with van der Waals surface area (Å²) in [5, 5.41) is 5.90. The number of aryl methyl sites for hydroxylation is 1. The first-order valence-electron chi connectivity index (χ1n) is 6.95. The van der Waals surface area contributed by atoms with Crippen LogP contribution in [0.2, 0.25) is 0 Å². The molecule has 0 unspecified atom stereocenters. The Morgan fingerprint density at radius 1 is 1.05 bits per heavy atom. The summed E-state index contributed by atoms with van der Waals surface area (Å²) in [6.07, 6.45) is 0. The molecule has 2 aromatic rings. The Hall–Kier alpha value is -2.69. The molecule has 2 N–H and O–H groups in total. The van der Waals surface area contributed by atoms with Crippen molar-refractivity contribution in [2.24, 2.45) is 0 Å². The quantitative estimate of drug-likeness (QED) is 0.861. The lowest BCUT2D eigenvalue weighted by molar-refractivity contribution is -0.114. The summed E-state index contributed by atoms with van der Waals surface area (Å²) >= 11 is 0. The summed E-state index contributed by atoms with van der Waals surface area (Å²) in [7, 11) is 3.21. The molecule has 22 heavy (non-hydrogen) atoms. The van der Waals surface area contributed by atoms with Gasteiger partial charge in [0.25, 0.3) is 0 Å². The van der Waals surface area contributed by atoms with E-state index >= 15 is 0 Å². The SMILES string of the molecule is COc1ccc(NC(=O)CNc2cc(C)ccc2OC)cc1. The average molecular weight is 300 g/mol. The Morgan fingerprint density at radius 3 is 2.41 bits per heavy atom. The molecule has 0 radical (unpaired) electrons. The van der Waals surface area contributed by atoms with Crippen molar-refractivity contribution in [2.75, 3.05) is 31.4 Å². The second-order valence-corrected chi connectivity index (χ2v) is 4.83. The van der Waals surface area contributed by atoms with Crippen LogP contribution in [0.3, 0.4) is 0 Å². The third kappa shape index (κ3) is 4.15. The van der Waals surface area contributed by atoms with Gasteiger partial charge in [0.2, 0.25) is 5.91 Å². The minimum atomic E-state index is -0.131. The van der Waals surface area contributed by atoms with Crippen molar-refractivity contribution in [3.8, 4) is 11.5 Å². The molecule has 2 rings (SSSR count). The number of hydrogen-bond donors (Lipinski definition) is 2. The molecule has 116 valence electrons. The summed E-state index contributed by atoms with van der Waals surface area (Å²) in [4.78, 5) is 12.0. The molecule has 0 bridgehead atoms. The lowest BCUT2D eigenvalue weighted by Crippen LogP contribution is -2.21. The molecule has 0 fully saturated rings. The monoisotopic (exact) mass is 300 g/mol. The molecule has 0 spiro atoms. The maximum Gasteiger partial charge on any atom is 0.243 e. The zero-order valence-electron chi connectivity index (χ0n) is 13.0. The molecule has 1 amide bonds. The average Bonchev–Trinajstić information content (AvgIpc) is 2.54. The highest BCUT2D eigenvalue weighted by Crippen LogP contribution is 2.24. The largest absolute Gasteiger partial charge is 0.497 e. The Bertz CT molecular complexity index is 639. The molecule has 5 nitrogen and oxygen atoms in total. The van der Waals surface area contributed by atoms with E-state index in [0.717, 1.165) is 22.7 Å². The van der Waals surface area contributed by atoms with Gasteiger partial charge in [-0.25, -0.2) is 0 Å². The lowest BCUT2D eigenvalue weighted by atomic mass is 10.2. The van der Waals surface area contributed by atoms with Gasteiger partial charge >= 0.3 is 0 Å². The van der Waals surface area contributed by atoms with Gasteiger partial charge in [0.15, 0.2) is 0 Å². The lowest BCUT2D eigenvalue weighted by Gasteiger charge is -2.12. The number of nitrogens with one attached hydrogen (secondary N) is 2. The van der Waals surface area contributed by atoms with Crippen LogP contribution in [0.4, 0.5) is 11.4 Å². The Kier molecular flexibility index (Phi) is 5.25. The molecule has 0 saturated heterocycles. The van der Waals surface area contributed by atoms with Crippen LogP contribution in [-0.4, -0.2) is 26.7 Å². The number of anilines is 2. The van der Waals surface area contributed by atoms with Crippen molar-refractivity contribution < 1.29 is 14.3 Å². The maximum absolute atomic E-state index is 12.0. The van der Waals surface area contributed by atoms with E-state index < -0.39 is 0 Å². The van der Waals surface area contributed by atoms with Crippen molar-refractivity contribution in [1.29, 1.82) is 0 Å². The third-order valence-electron chi connectivity index (χ3n) is 3.17. The first kappa shape index (κ1) is 15.7. The Balaban J connectivity index is 1.93. The molecule has 5 heteroatoms. The molecular formula is C17H20N2O3. The molecular weight excluding hydrogens is 280 g/mol. The van der Waals surface area contributed by atoms with Crippen LogP contribution >= 0.6 is 0 Å². The van der Waals surface area contributed by atoms with Gasteiger partial charge in [-0.15, -0.1) is 0 Å². The maximum atomic E-state index is 12.0. The Morgan fingerprint density at radius 2 is 1.77 bits per heavy atom. The first-order chi connectivity index (χ1) is 10.6. The van der Waals surface area contributed by atoms with E-state index in [1.165, 1.54) is 0 Å². The summed E-state index contributed by atoms with van der Waals surface area (Å²) in [6.45, 7) is 2.15. The minimum Gasteiger partial charge on any atom is -0.497 e. The van der Waals surface area contributed by atoms with E-state index in [4.69, 9.17) is 9.47 Å². The van der Waals surface area contributed by atoms with Crippen molar-refractivity contribution in [1.82, 2.24) is 0 Å². The number of amides is 1. The van der Waals surface area contributed by atoms with Crippen LogP contribution in [-0.2, 0) is 4.79 Å². The van der Waals surface area contributed by atoms with Gasteiger partial charge in [-0.05, 0) is 48.9 Å². The van der Waals surface area contributed by atoms with Crippen LogP contribution in [0.5, 0.6) is 11.5 Å². The zero-order chi connectivity index (χ0) is 15.9. The Labute approximate surface area is 130 Å². The summed E-state index contributed by atoms with van der Waals surface area (Å²) < 4.78 is 10.3. The predicted molar refractivity (Wildman–Crippen MR) is 87.8 cm³/mol. The fourth-order valence-electron chi connectivity index (χ4n) is 2.02. The fraction of sp³-hybridized carbons (Fsp3) is 0.235. The summed E-state index contributed by atoms with van der Waals surface area (Å²) in [5.41, 5.74) is 2.62. The summed E-state index contributed by atoms with van der Waals surface area (Å²) in [5.74, 6) is 1.33. The second-order valence-electron chi connectivity index (χ2n) is 4.83. The van der Waals surface area contributed by atoms with Gasteiger partial charge in [-0.2, -0.15) is 0 Å². The van der Waals surface area contributed by atoms with Crippen molar-refractivity contribution >= 4 is 17.3 Å². The number of carbonyl (C=O) groups is 1. The number of hydrogen-bond acceptors (Lipinski definition) is 4. The van der Waals surface area contributed by atoms with Crippen LogP contribution in [0.25, 0.3) is 0 Å². The molecule has 0 saturated carbocycles. The second kappa shape index (κ2) is 7.36. The van der Waals surface area contributed by atoms with Gasteiger partial charge in [0.05, 0.1) is 26.5 Å². The van der Waals surface area contributed by atoms with Crippen LogP contribution in [0.15, 0.2) is 42.5 Å². The van der Waals surface area contributed by atoms with E-state index in [1.807, 2.05) is 25.1 Å². The number of ether oxygens (including phenoxy) is 2. The van der Waals surface area contributed by atoms with Crippen molar-refractivity contribution in [3.63, 3.8) is 0 Å². The first-order valence-corrected chi connectivity index (χ1v) is 6.95. The number of carbonyl (C=O) groups excluding carboxylic acids is 1. The molecule has 0 atom stereocenters. The van der Waals surface area contributed by atoms with Crippen LogP contribution < -0.4 is 20.1 Å². The van der Waals surface area contributed by atoms with Gasteiger partial charge in [-0.3, -0.25) is 4.79 Å². The molecule has 0 aromatic heterocycles. The van der Waals surface area contributed by atoms with Gasteiger partial charge in [0.1, 0.15) is 11.5 Å². The van der Waals surface area contributed by atoms with Crippen molar-refractivity contribution in [3.05, 3.63) is 48.0 Å². The zero-order valence-corrected chi connectivity index (χ0v) is 13.0. The van der Waals surface area contributed by atoms with E-state index in [1.54, 1.807) is 38.5 Å². The highest BCUT2D eigenvalue weighted by atomic mass is 16.5. The van der Waals surface area contributed by atoms with E-state index in [9.17, 15) is 4.79 Å². The molecule has 0 aliphatic carbocycles. The normalized spacial score (nSPS) is 9.95. The number of benzene rings is 2. The molecule has 0 aliphatic rings. The van der Waals surface area contributed by atoms with E-state index in [-0.39, 0.29) is 12.5 Å². The van der Waals surface area contributed by atoms with Crippen LogP contribution in [0.1, 0.15) is 5.56 Å². The number of rotatable bonds is 6. The molecule has 0 aliphatic heterocycles. The highest BCUT2D eigenvalue weighted by Gasteiger charge is 2.06. The minimum absolute atomic E-state index is 0.131. The van der Waals surface area contributed by atoms with Gasteiger partial charge in [0, 0.05) is 5.69 Å².